The van der Waals surface area contributed by atoms with Crippen molar-refractivity contribution in [3.05, 3.63) is 54.1 Å². The van der Waals surface area contributed by atoms with Crippen molar-refractivity contribution in [1.29, 1.82) is 5.26 Å². The normalized spacial score (nSPS) is 11.2. The summed E-state index contributed by atoms with van der Waals surface area (Å²) in [4.78, 5) is 12.2. The number of hydrogen-bond donors (Lipinski definition) is 2. The van der Waals surface area contributed by atoms with Crippen LogP contribution in [0.4, 0.5) is 11.4 Å². The van der Waals surface area contributed by atoms with Crippen molar-refractivity contribution in [3.8, 4) is 11.8 Å². The first-order chi connectivity index (χ1) is 11.1. The molecule has 0 aliphatic carbocycles. The molecule has 5 nitrogen and oxygen atoms in total. The smallest absolute Gasteiger partial charge is 0.246 e. The van der Waals surface area contributed by atoms with Crippen LogP contribution in [0.25, 0.3) is 0 Å². The third-order valence-corrected chi connectivity index (χ3v) is 3.20. The Bertz CT molecular complexity index is 705. The number of benzene rings is 2. The van der Waals surface area contributed by atoms with Gasteiger partial charge in [-0.3, -0.25) is 4.79 Å². The van der Waals surface area contributed by atoms with Gasteiger partial charge in [-0.05, 0) is 56.3 Å². The fourth-order valence-electron chi connectivity index (χ4n) is 2.05. The number of anilines is 2. The Morgan fingerprint density at radius 2 is 1.96 bits per heavy atom. The fourth-order valence-corrected chi connectivity index (χ4v) is 2.05. The van der Waals surface area contributed by atoms with Crippen LogP contribution in [0.3, 0.4) is 0 Å². The van der Waals surface area contributed by atoms with Crippen molar-refractivity contribution in [2.24, 2.45) is 0 Å². The first kappa shape index (κ1) is 16.4. The summed E-state index contributed by atoms with van der Waals surface area (Å²) < 4.78 is 5.38. The van der Waals surface area contributed by atoms with Crippen LogP contribution in [0.1, 0.15) is 19.4 Å². The van der Waals surface area contributed by atoms with Gasteiger partial charge in [-0.15, -0.1) is 0 Å². The molecular weight excluding hydrogens is 290 g/mol. The molecule has 0 saturated carbocycles. The molecule has 0 aliphatic rings. The van der Waals surface area contributed by atoms with Crippen LogP contribution in [0.5, 0.6) is 5.75 Å². The molecular formula is C18H19N3O2. The van der Waals surface area contributed by atoms with Crippen LogP contribution in [-0.4, -0.2) is 18.6 Å². The van der Waals surface area contributed by atoms with Crippen LogP contribution in [0.2, 0.25) is 0 Å². The molecule has 2 aromatic rings. The van der Waals surface area contributed by atoms with Gasteiger partial charge in [0.25, 0.3) is 0 Å². The Kier molecular flexibility index (Phi) is 5.59. The van der Waals surface area contributed by atoms with Crippen molar-refractivity contribution in [1.82, 2.24) is 0 Å². The van der Waals surface area contributed by atoms with Crippen molar-refractivity contribution < 1.29 is 9.53 Å². The molecule has 0 spiro atoms. The zero-order valence-corrected chi connectivity index (χ0v) is 13.2. The van der Waals surface area contributed by atoms with E-state index in [1.165, 1.54) is 0 Å². The standard InChI is InChI=1S/C18H19N3O2/c1-3-23-17-9-7-15(8-10-17)20-13(2)18(22)21-16-6-4-5-14(11-16)12-19/h4-11,13,20H,3H2,1-2H3,(H,21,22)/t13-/m0/s1. The summed E-state index contributed by atoms with van der Waals surface area (Å²) in [5.41, 5.74) is 1.95. The number of amides is 1. The molecule has 2 rings (SSSR count). The van der Waals surface area contributed by atoms with E-state index in [9.17, 15) is 4.79 Å². The molecule has 0 aromatic heterocycles. The largest absolute Gasteiger partial charge is 0.494 e. The number of carbonyl (C=O) groups is 1. The molecule has 0 radical (unpaired) electrons. The summed E-state index contributed by atoms with van der Waals surface area (Å²) in [5, 5.41) is 14.8. The van der Waals surface area contributed by atoms with Crippen molar-refractivity contribution in [2.75, 3.05) is 17.2 Å². The van der Waals surface area contributed by atoms with E-state index in [0.29, 0.717) is 17.9 Å². The molecule has 0 bridgehead atoms. The van der Waals surface area contributed by atoms with Crippen LogP contribution in [0.15, 0.2) is 48.5 Å². The summed E-state index contributed by atoms with van der Waals surface area (Å²) in [5.74, 6) is 0.623. The number of ether oxygens (including phenoxy) is 1. The van der Waals surface area contributed by atoms with Crippen LogP contribution in [0, 0.1) is 11.3 Å². The number of nitrogens with zero attached hydrogens (tertiary/aromatic N) is 1. The molecule has 0 aliphatic heterocycles. The zero-order valence-electron chi connectivity index (χ0n) is 13.2. The molecule has 1 atom stereocenters. The molecule has 0 fully saturated rings. The van der Waals surface area contributed by atoms with Gasteiger partial charge in [0.1, 0.15) is 11.8 Å². The van der Waals surface area contributed by atoms with E-state index in [-0.39, 0.29) is 5.91 Å². The molecule has 2 aromatic carbocycles. The fraction of sp³-hybridized carbons (Fsp3) is 0.222. The molecule has 1 amide bonds. The lowest BCUT2D eigenvalue weighted by molar-refractivity contribution is -0.116. The lowest BCUT2D eigenvalue weighted by Crippen LogP contribution is -2.31. The summed E-state index contributed by atoms with van der Waals surface area (Å²) >= 11 is 0. The van der Waals surface area contributed by atoms with E-state index < -0.39 is 6.04 Å². The Balaban J connectivity index is 1.95. The van der Waals surface area contributed by atoms with Gasteiger partial charge < -0.3 is 15.4 Å². The second-order valence-corrected chi connectivity index (χ2v) is 5.01. The highest BCUT2D eigenvalue weighted by Crippen LogP contribution is 2.17. The first-order valence-corrected chi connectivity index (χ1v) is 7.43. The minimum atomic E-state index is -0.418. The van der Waals surface area contributed by atoms with E-state index in [1.54, 1.807) is 31.2 Å². The number of nitrogens with one attached hydrogen (secondary N) is 2. The second-order valence-electron chi connectivity index (χ2n) is 5.01. The molecule has 0 unspecified atom stereocenters. The zero-order chi connectivity index (χ0) is 16.7. The Hall–Kier alpha value is -3.00. The minimum Gasteiger partial charge on any atom is -0.494 e. The van der Waals surface area contributed by atoms with E-state index in [1.807, 2.05) is 37.3 Å². The highest BCUT2D eigenvalue weighted by Gasteiger charge is 2.13. The molecule has 0 heterocycles. The third-order valence-electron chi connectivity index (χ3n) is 3.20. The van der Waals surface area contributed by atoms with Crippen molar-refractivity contribution in [2.45, 2.75) is 19.9 Å². The lowest BCUT2D eigenvalue weighted by Gasteiger charge is -2.15. The molecule has 0 saturated heterocycles. The average Bonchev–Trinajstić information content (AvgIpc) is 2.57. The van der Waals surface area contributed by atoms with Gasteiger partial charge in [-0.1, -0.05) is 6.07 Å². The van der Waals surface area contributed by atoms with Gasteiger partial charge in [-0.25, -0.2) is 0 Å². The monoisotopic (exact) mass is 309 g/mol. The predicted octanol–water partition coefficient (Wildman–Crippen LogP) is 3.40. The van der Waals surface area contributed by atoms with Gasteiger partial charge in [0.15, 0.2) is 0 Å². The molecule has 2 N–H and O–H groups in total. The van der Waals surface area contributed by atoms with Gasteiger partial charge in [-0.2, -0.15) is 5.26 Å². The summed E-state index contributed by atoms with van der Waals surface area (Å²) in [6.45, 7) is 4.33. The third kappa shape index (κ3) is 4.75. The summed E-state index contributed by atoms with van der Waals surface area (Å²) in [6.07, 6.45) is 0. The van der Waals surface area contributed by atoms with Gasteiger partial charge in [0.05, 0.1) is 18.2 Å². The van der Waals surface area contributed by atoms with Gasteiger partial charge in [0.2, 0.25) is 5.91 Å². The SMILES string of the molecule is CCOc1ccc(N[C@@H](C)C(=O)Nc2cccc(C#N)c2)cc1. The quantitative estimate of drug-likeness (QED) is 0.857. The van der Waals surface area contributed by atoms with E-state index in [2.05, 4.69) is 10.6 Å². The first-order valence-electron chi connectivity index (χ1n) is 7.43. The number of nitriles is 1. The maximum absolute atomic E-state index is 12.2. The van der Waals surface area contributed by atoms with E-state index >= 15 is 0 Å². The van der Waals surface area contributed by atoms with Crippen LogP contribution < -0.4 is 15.4 Å². The summed E-state index contributed by atoms with van der Waals surface area (Å²) in [7, 11) is 0. The Morgan fingerprint density at radius 1 is 1.22 bits per heavy atom. The van der Waals surface area contributed by atoms with Crippen LogP contribution in [-0.2, 0) is 4.79 Å². The van der Waals surface area contributed by atoms with Gasteiger partial charge >= 0.3 is 0 Å². The predicted molar refractivity (Wildman–Crippen MR) is 90.5 cm³/mol. The second kappa shape index (κ2) is 7.85. The lowest BCUT2D eigenvalue weighted by atomic mass is 10.2. The summed E-state index contributed by atoms with van der Waals surface area (Å²) in [6, 6.07) is 15.9. The van der Waals surface area contributed by atoms with E-state index in [4.69, 9.17) is 10.00 Å². The van der Waals surface area contributed by atoms with Crippen molar-refractivity contribution in [3.63, 3.8) is 0 Å². The van der Waals surface area contributed by atoms with Gasteiger partial charge in [0, 0.05) is 11.4 Å². The number of hydrogen-bond acceptors (Lipinski definition) is 4. The average molecular weight is 309 g/mol. The Labute approximate surface area is 135 Å². The highest BCUT2D eigenvalue weighted by atomic mass is 16.5. The Morgan fingerprint density at radius 3 is 2.61 bits per heavy atom. The maximum Gasteiger partial charge on any atom is 0.246 e. The minimum absolute atomic E-state index is 0.172. The molecule has 5 heteroatoms. The highest BCUT2D eigenvalue weighted by molar-refractivity contribution is 5.96. The van der Waals surface area contributed by atoms with Crippen molar-refractivity contribution >= 4 is 17.3 Å². The van der Waals surface area contributed by atoms with E-state index in [0.717, 1.165) is 11.4 Å². The maximum atomic E-state index is 12.2. The molecule has 118 valence electrons. The number of rotatable bonds is 6. The molecule has 23 heavy (non-hydrogen) atoms. The van der Waals surface area contributed by atoms with Crippen LogP contribution >= 0.6 is 0 Å². The number of carbonyl (C=O) groups excluding carboxylic acids is 1. The topological polar surface area (TPSA) is 74.2 Å².